The lowest BCUT2D eigenvalue weighted by molar-refractivity contribution is 0.483. The fourth-order valence-corrected chi connectivity index (χ4v) is 2.18. The predicted octanol–water partition coefficient (Wildman–Crippen LogP) is 1.63. The molecule has 0 aliphatic heterocycles. The van der Waals surface area contributed by atoms with E-state index in [0.717, 1.165) is 16.5 Å². The molecule has 122 valence electrons. The average Bonchev–Trinajstić information content (AvgIpc) is 2.47. The van der Waals surface area contributed by atoms with Crippen LogP contribution in [-0.2, 0) is 10.1 Å². The van der Waals surface area contributed by atoms with E-state index in [1.807, 2.05) is 31.2 Å². The number of anilines is 1. The van der Waals surface area contributed by atoms with Gasteiger partial charge in [0.05, 0.1) is 10.4 Å². The Balaban J connectivity index is 0.000000220. The van der Waals surface area contributed by atoms with Crippen LogP contribution in [0.3, 0.4) is 0 Å². The molecule has 2 aromatic carbocycles. The summed E-state index contributed by atoms with van der Waals surface area (Å²) in [4.78, 5) is 7.85. The van der Waals surface area contributed by atoms with Crippen LogP contribution < -0.4 is 5.73 Å². The van der Waals surface area contributed by atoms with E-state index in [1.54, 1.807) is 18.3 Å². The molecule has 7 nitrogen and oxygen atoms in total. The summed E-state index contributed by atoms with van der Waals surface area (Å²) in [7, 11) is -4.02. The molecule has 1 heterocycles. The Morgan fingerprint density at radius 2 is 1.65 bits per heavy atom. The van der Waals surface area contributed by atoms with Crippen molar-refractivity contribution in [1.82, 2.24) is 9.97 Å². The fraction of sp³-hybridized carbons (Fsp3) is 0.0667. The van der Waals surface area contributed by atoms with Gasteiger partial charge in [-0.05, 0) is 25.1 Å². The standard InChI is InChI=1S/C8H7N3.C7H8O3S.H2O/c9-8-10-5-6-3-1-2-4-7(6)11-8;1-6-2-4-7(5-3-6)11(8,9)10;/h1-5H,(H2,9,10,11);2-5H,1H3,(H,8,9,10);1H2. The number of nitrogen functional groups attached to an aromatic ring is 1. The number of nitrogens with zero attached hydrogens (tertiary/aromatic N) is 2. The summed E-state index contributed by atoms with van der Waals surface area (Å²) >= 11 is 0. The molecule has 0 atom stereocenters. The van der Waals surface area contributed by atoms with Crippen LogP contribution >= 0.6 is 0 Å². The van der Waals surface area contributed by atoms with Crippen LogP contribution in [-0.4, -0.2) is 28.4 Å². The van der Waals surface area contributed by atoms with Gasteiger partial charge in [0.25, 0.3) is 10.1 Å². The number of fused-ring (bicyclic) bond motifs is 1. The molecule has 5 N–H and O–H groups in total. The minimum absolute atomic E-state index is 0. The van der Waals surface area contributed by atoms with Crippen molar-refractivity contribution in [2.75, 3.05) is 5.73 Å². The maximum atomic E-state index is 10.5. The number of aromatic nitrogens is 2. The van der Waals surface area contributed by atoms with Crippen molar-refractivity contribution >= 4 is 27.0 Å². The Morgan fingerprint density at radius 1 is 1.04 bits per heavy atom. The second-order valence-electron chi connectivity index (χ2n) is 4.58. The summed E-state index contributed by atoms with van der Waals surface area (Å²) in [5.74, 6) is 0.323. The van der Waals surface area contributed by atoms with E-state index in [0.29, 0.717) is 5.95 Å². The Kier molecular flexibility index (Phi) is 6.14. The lowest BCUT2D eigenvalue weighted by atomic mass is 10.2. The molecule has 0 spiro atoms. The SMILES string of the molecule is Cc1ccc(S(=O)(=O)O)cc1.Nc1ncc2ccccc2n1.O. The summed E-state index contributed by atoms with van der Waals surface area (Å²) in [6.07, 6.45) is 1.72. The maximum Gasteiger partial charge on any atom is 0.294 e. The Labute approximate surface area is 133 Å². The average molecular weight is 335 g/mol. The number of nitrogens with two attached hydrogens (primary N) is 1. The van der Waals surface area contributed by atoms with Gasteiger partial charge in [-0.3, -0.25) is 4.55 Å². The highest BCUT2D eigenvalue weighted by Crippen LogP contribution is 2.09. The van der Waals surface area contributed by atoms with Gasteiger partial charge in [-0.15, -0.1) is 0 Å². The molecule has 0 amide bonds. The normalized spacial score (nSPS) is 10.3. The zero-order valence-electron chi connectivity index (χ0n) is 12.3. The number of para-hydroxylation sites is 1. The Hall–Kier alpha value is -2.55. The van der Waals surface area contributed by atoms with Gasteiger partial charge in [-0.2, -0.15) is 8.42 Å². The van der Waals surface area contributed by atoms with Crippen LogP contribution in [0.25, 0.3) is 10.9 Å². The largest absolute Gasteiger partial charge is 0.412 e. The molecule has 0 bridgehead atoms. The maximum absolute atomic E-state index is 10.5. The molecule has 0 fully saturated rings. The van der Waals surface area contributed by atoms with Crippen LogP contribution in [0.5, 0.6) is 0 Å². The van der Waals surface area contributed by atoms with Gasteiger partial charge in [0.2, 0.25) is 5.95 Å². The molecule has 0 unspecified atom stereocenters. The van der Waals surface area contributed by atoms with Gasteiger partial charge in [0, 0.05) is 11.6 Å². The molecule has 3 aromatic rings. The minimum Gasteiger partial charge on any atom is -0.412 e. The van der Waals surface area contributed by atoms with E-state index >= 15 is 0 Å². The van der Waals surface area contributed by atoms with Gasteiger partial charge < -0.3 is 11.2 Å². The number of benzene rings is 2. The van der Waals surface area contributed by atoms with Crippen molar-refractivity contribution in [3.05, 3.63) is 60.3 Å². The second-order valence-corrected chi connectivity index (χ2v) is 6.00. The van der Waals surface area contributed by atoms with Gasteiger partial charge >= 0.3 is 0 Å². The number of hydrogen-bond acceptors (Lipinski definition) is 5. The molecular weight excluding hydrogens is 318 g/mol. The first-order valence-electron chi connectivity index (χ1n) is 6.38. The van der Waals surface area contributed by atoms with Crippen LogP contribution in [0.1, 0.15) is 5.56 Å². The highest BCUT2D eigenvalue weighted by molar-refractivity contribution is 7.85. The van der Waals surface area contributed by atoms with Gasteiger partial charge in [0.15, 0.2) is 0 Å². The first kappa shape index (κ1) is 18.5. The van der Waals surface area contributed by atoms with E-state index in [2.05, 4.69) is 9.97 Å². The van der Waals surface area contributed by atoms with Crippen LogP contribution in [0.2, 0.25) is 0 Å². The molecule has 0 saturated carbocycles. The summed E-state index contributed by atoms with van der Waals surface area (Å²) in [5.41, 5.74) is 7.25. The number of hydrogen-bond donors (Lipinski definition) is 2. The number of aryl methyl sites for hydroxylation is 1. The van der Waals surface area contributed by atoms with E-state index in [1.165, 1.54) is 12.1 Å². The molecule has 8 heteroatoms. The second kappa shape index (κ2) is 7.63. The molecule has 0 saturated heterocycles. The highest BCUT2D eigenvalue weighted by atomic mass is 32.2. The molecule has 0 radical (unpaired) electrons. The summed E-state index contributed by atoms with van der Waals surface area (Å²) < 4.78 is 29.6. The van der Waals surface area contributed by atoms with E-state index in [-0.39, 0.29) is 10.4 Å². The number of rotatable bonds is 1. The summed E-state index contributed by atoms with van der Waals surface area (Å²) in [6.45, 7) is 1.84. The zero-order chi connectivity index (χ0) is 16.2. The van der Waals surface area contributed by atoms with Crippen molar-refractivity contribution in [1.29, 1.82) is 0 Å². The Morgan fingerprint density at radius 3 is 2.26 bits per heavy atom. The van der Waals surface area contributed by atoms with Gasteiger partial charge in [-0.25, -0.2) is 9.97 Å². The fourth-order valence-electron chi connectivity index (χ4n) is 1.70. The van der Waals surface area contributed by atoms with Crippen LogP contribution in [0.4, 0.5) is 5.95 Å². The first-order chi connectivity index (χ1) is 10.4. The van der Waals surface area contributed by atoms with Crippen molar-refractivity contribution in [3.63, 3.8) is 0 Å². The van der Waals surface area contributed by atoms with Crippen molar-refractivity contribution in [2.45, 2.75) is 11.8 Å². The highest BCUT2D eigenvalue weighted by Gasteiger charge is 2.06. The van der Waals surface area contributed by atoms with Crippen LogP contribution in [0.15, 0.2) is 59.6 Å². The first-order valence-corrected chi connectivity index (χ1v) is 7.82. The third-order valence-corrected chi connectivity index (χ3v) is 3.69. The lowest BCUT2D eigenvalue weighted by Gasteiger charge is -1.95. The molecule has 23 heavy (non-hydrogen) atoms. The topological polar surface area (TPSA) is 138 Å². The predicted molar refractivity (Wildman–Crippen MR) is 88.6 cm³/mol. The third kappa shape index (κ3) is 5.29. The van der Waals surface area contributed by atoms with Crippen molar-refractivity contribution in [3.8, 4) is 0 Å². The molecule has 0 aliphatic rings. The summed E-state index contributed by atoms with van der Waals surface area (Å²) in [6, 6.07) is 13.7. The third-order valence-electron chi connectivity index (χ3n) is 2.83. The quantitative estimate of drug-likeness (QED) is 0.648. The van der Waals surface area contributed by atoms with Crippen LogP contribution in [0, 0.1) is 6.92 Å². The van der Waals surface area contributed by atoms with Crippen molar-refractivity contribution < 1.29 is 18.4 Å². The lowest BCUT2D eigenvalue weighted by Crippen LogP contribution is -1.96. The zero-order valence-corrected chi connectivity index (χ0v) is 13.2. The minimum atomic E-state index is -4.02. The molecule has 0 aliphatic carbocycles. The monoisotopic (exact) mass is 335 g/mol. The summed E-state index contributed by atoms with van der Waals surface area (Å²) in [5, 5.41) is 1.02. The van der Waals surface area contributed by atoms with Gasteiger partial charge in [0.1, 0.15) is 0 Å². The van der Waals surface area contributed by atoms with E-state index in [9.17, 15) is 8.42 Å². The molecule has 1 aromatic heterocycles. The van der Waals surface area contributed by atoms with Gasteiger partial charge in [-0.1, -0.05) is 35.9 Å². The van der Waals surface area contributed by atoms with E-state index in [4.69, 9.17) is 10.3 Å². The molecular formula is C15H17N3O4S. The smallest absolute Gasteiger partial charge is 0.294 e. The molecule has 3 rings (SSSR count). The van der Waals surface area contributed by atoms with E-state index < -0.39 is 10.1 Å². The van der Waals surface area contributed by atoms with Crippen molar-refractivity contribution in [2.24, 2.45) is 0 Å². The Bertz CT molecular complexity index is 881.